The van der Waals surface area contributed by atoms with E-state index >= 15 is 0 Å². The summed E-state index contributed by atoms with van der Waals surface area (Å²) < 4.78 is 2.12. The van der Waals surface area contributed by atoms with Crippen LogP contribution in [0.15, 0.2) is 6.07 Å². The normalized spacial score (nSPS) is 24.1. The molecule has 1 aliphatic rings. The first kappa shape index (κ1) is 7.80. The Balaban J connectivity index is 2.41. The van der Waals surface area contributed by atoms with Gasteiger partial charge in [0.05, 0.1) is 17.9 Å². The topological polar surface area (TPSA) is 21.1 Å². The number of likely N-dealkylation sites (N-methyl/N-ethyl adjacent to an activating group) is 1. The number of hydrogen-bond donors (Lipinski definition) is 0. The smallest absolute Gasteiger partial charge is 0.0597 e. The van der Waals surface area contributed by atoms with E-state index < -0.39 is 0 Å². The molecular formula is C9H15N3. The maximum absolute atomic E-state index is 4.43. The van der Waals surface area contributed by atoms with Crippen LogP contribution in [0.4, 0.5) is 0 Å². The number of hydrogen-bond acceptors (Lipinski definition) is 2. The molecule has 1 atom stereocenters. The van der Waals surface area contributed by atoms with Gasteiger partial charge in [-0.2, -0.15) is 5.10 Å². The second-order valence-electron chi connectivity index (χ2n) is 3.59. The third kappa shape index (κ3) is 1.05. The average molecular weight is 165 g/mol. The molecule has 2 rings (SSSR count). The molecule has 0 bridgehead atoms. The van der Waals surface area contributed by atoms with Gasteiger partial charge in [0, 0.05) is 12.6 Å². The highest BCUT2D eigenvalue weighted by atomic mass is 15.3. The Morgan fingerprint density at radius 2 is 2.25 bits per heavy atom. The molecule has 3 nitrogen and oxygen atoms in total. The zero-order chi connectivity index (χ0) is 8.72. The number of rotatable bonds is 0. The summed E-state index contributed by atoms with van der Waals surface area (Å²) in [5.74, 6) is 0. The molecule has 0 saturated heterocycles. The van der Waals surface area contributed by atoms with Crippen LogP contribution in [0.3, 0.4) is 0 Å². The van der Waals surface area contributed by atoms with Gasteiger partial charge in [-0.15, -0.1) is 0 Å². The van der Waals surface area contributed by atoms with E-state index in [1.165, 1.54) is 5.69 Å². The zero-order valence-electron chi connectivity index (χ0n) is 7.91. The fourth-order valence-electron chi connectivity index (χ4n) is 1.75. The van der Waals surface area contributed by atoms with Gasteiger partial charge in [-0.3, -0.25) is 9.58 Å². The van der Waals surface area contributed by atoms with E-state index in [2.05, 4.69) is 41.6 Å². The molecule has 0 fully saturated rings. The van der Waals surface area contributed by atoms with Crippen molar-refractivity contribution in [2.24, 2.45) is 0 Å². The molecule has 1 aliphatic heterocycles. The lowest BCUT2D eigenvalue weighted by molar-refractivity contribution is 0.202. The highest BCUT2D eigenvalue weighted by Crippen LogP contribution is 2.23. The predicted octanol–water partition coefficient (Wildman–Crippen LogP) is 1.20. The molecule has 0 aromatic carbocycles. The molecule has 2 heterocycles. The van der Waals surface area contributed by atoms with Crippen LogP contribution < -0.4 is 0 Å². The highest BCUT2D eigenvalue weighted by molar-refractivity contribution is 5.14. The van der Waals surface area contributed by atoms with Crippen LogP contribution in [0.1, 0.15) is 24.4 Å². The van der Waals surface area contributed by atoms with Crippen LogP contribution in [-0.4, -0.2) is 28.3 Å². The monoisotopic (exact) mass is 165 g/mol. The van der Waals surface area contributed by atoms with Crippen molar-refractivity contribution in [1.29, 1.82) is 0 Å². The average Bonchev–Trinajstić information content (AvgIpc) is 2.39. The van der Waals surface area contributed by atoms with Crippen molar-refractivity contribution in [3.63, 3.8) is 0 Å². The van der Waals surface area contributed by atoms with E-state index in [0.29, 0.717) is 6.04 Å². The van der Waals surface area contributed by atoms with Crippen molar-refractivity contribution >= 4 is 0 Å². The molecule has 0 aliphatic carbocycles. The Morgan fingerprint density at radius 1 is 1.50 bits per heavy atom. The van der Waals surface area contributed by atoms with Gasteiger partial charge in [0.25, 0.3) is 0 Å². The van der Waals surface area contributed by atoms with Gasteiger partial charge in [0.1, 0.15) is 0 Å². The number of fused-ring (bicyclic) bond motifs is 1. The molecule has 3 heteroatoms. The van der Waals surface area contributed by atoms with Crippen LogP contribution in [0, 0.1) is 6.92 Å². The van der Waals surface area contributed by atoms with E-state index in [0.717, 1.165) is 18.8 Å². The fraction of sp³-hybridized carbons (Fsp3) is 0.667. The summed E-state index contributed by atoms with van der Waals surface area (Å²) in [4.78, 5) is 2.36. The summed E-state index contributed by atoms with van der Waals surface area (Å²) in [5, 5.41) is 4.43. The van der Waals surface area contributed by atoms with Crippen molar-refractivity contribution in [2.75, 3.05) is 13.6 Å². The SMILES string of the molecule is Cc1cc2n(n1)CCN(C)[C@H]2C. The summed E-state index contributed by atoms with van der Waals surface area (Å²) in [7, 11) is 2.16. The van der Waals surface area contributed by atoms with E-state index in [1.54, 1.807) is 0 Å². The minimum Gasteiger partial charge on any atom is -0.296 e. The lowest BCUT2D eigenvalue weighted by atomic mass is 10.1. The van der Waals surface area contributed by atoms with Gasteiger partial charge in [-0.1, -0.05) is 0 Å². The Kier molecular flexibility index (Phi) is 1.68. The van der Waals surface area contributed by atoms with Crippen LogP contribution >= 0.6 is 0 Å². The Labute approximate surface area is 73.0 Å². The minimum absolute atomic E-state index is 0.514. The van der Waals surface area contributed by atoms with E-state index in [9.17, 15) is 0 Å². The van der Waals surface area contributed by atoms with Gasteiger partial charge in [0.2, 0.25) is 0 Å². The maximum atomic E-state index is 4.43. The predicted molar refractivity (Wildman–Crippen MR) is 48.0 cm³/mol. The second kappa shape index (κ2) is 2.59. The first-order valence-electron chi connectivity index (χ1n) is 4.43. The van der Waals surface area contributed by atoms with E-state index in [4.69, 9.17) is 0 Å². The van der Waals surface area contributed by atoms with Crippen LogP contribution in [0.2, 0.25) is 0 Å². The summed E-state index contributed by atoms with van der Waals surface area (Å²) in [6, 6.07) is 2.69. The lowest BCUT2D eigenvalue weighted by Crippen LogP contribution is -2.33. The van der Waals surface area contributed by atoms with Gasteiger partial charge in [-0.25, -0.2) is 0 Å². The lowest BCUT2D eigenvalue weighted by Gasteiger charge is -2.30. The molecule has 0 saturated carbocycles. The van der Waals surface area contributed by atoms with E-state index in [-0.39, 0.29) is 0 Å². The molecule has 0 amide bonds. The van der Waals surface area contributed by atoms with Crippen LogP contribution in [-0.2, 0) is 6.54 Å². The van der Waals surface area contributed by atoms with Crippen molar-refractivity contribution in [3.8, 4) is 0 Å². The summed E-state index contributed by atoms with van der Waals surface area (Å²) in [5.41, 5.74) is 2.48. The molecule has 12 heavy (non-hydrogen) atoms. The highest BCUT2D eigenvalue weighted by Gasteiger charge is 2.21. The number of aryl methyl sites for hydroxylation is 1. The minimum atomic E-state index is 0.514. The molecule has 66 valence electrons. The van der Waals surface area contributed by atoms with Gasteiger partial charge in [0.15, 0.2) is 0 Å². The molecule has 1 aromatic heterocycles. The number of nitrogens with zero attached hydrogens (tertiary/aromatic N) is 3. The van der Waals surface area contributed by atoms with Gasteiger partial charge in [-0.05, 0) is 27.0 Å². The summed E-state index contributed by atoms with van der Waals surface area (Å²) in [6.07, 6.45) is 0. The Hall–Kier alpha value is -0.830. The van der Waals surface area contributed by atoms with Crippen molar-refractivity contribution in [3.05, 3.63) is 17.5 Å². The van der Waals surface area contributed by atoms with Crippen molar-refractivity contribution in [1.82, 2.24) is 14.7 Å². The summed E-state index contributed by atoms with van der Waals surface area (Å²) in [6.45, 7) is 6.42. The third-order valence-electron chi connectivity index (χ3n) is 2.69. The first-order valence-corrected chi connectivity index (χ1v) is 4.43. The summed E-state index contributed by atoms with van der Waals surface area (Å²) >= 11 is 0. The second-order valence-corrected chi connectivity index (χ2v) is 3.59. The van der Waals surface area contributed by atoms with Gasteiger partial charge >= 0.3 is 0 Å². The Bertz CT molecular complexity index is 290. The maximum Gasteiger partial charge on any atom is 0.0597 e. The molecule has 0 N–H and O–H groups in total. The number of aromatic nitrogens is 2. The standard InChI is InChI=1S/C9H15N3/c1-7-6-9-8(2)11(3)4-5-12(9)10-7/h6,8H,4-5H2,1-3H3/t8-/m0/s1. The van der Waals surface area contributed by atoms with Crippen molar-refractivity contribution in [2.45, 2.75) is 26.4 Å². The van der Waals surface area contributed by atoms with Gasteiger partial charge < -0.3 is 0 Å². The Morgan fingerprint density at radius 3 is 3.00 bits per heavy atom. The molecule has 0 unspecified atom stereocenters. The van der Waals surface area contributed by atoms with Crippen LogP contribution in [0.5, 0.6) is 0 Å². The third-order valence-corrected chi connectivity index (χ3v) is 2.69. The van der Waals surface area contributed by atoms with E-state index in [1.807, 2.05) is 0 Å². The molecular weight excluding hydrogens is 150 g/mol. The van der Waals surface area contributed by atoms with Crippen molar-refractivity contribution < 1.29 is 0 Å². The quantitative estimate of drug-likeness (QED) is 0.576. The first-order chi connectivity index (χ1) is 5.68. The molecule has 0 radical (unpaired) electrons. The fourth-order valence-corrected chi connectivity index (χ4v) is 1.75. The van der Waals surface area contributed by atoms with Crippen LogP contribution in [0.25, 0.3) is 0 Å². The largest absolute Gasteiger partial charge is 0.296 e. The zero-order valence-corrected chi connectivity index (χ0v) is 7.91. The molecule has 0 spiro atoms. The molecule has 1 aromatic rings.